The highest BCUT2D eigenvalue weighted by molar-refractivity contribution is 7.92. The average molecular weight is 458 g/mol. The molecule has 0 unspecified atom stereocenters. The maximum Gasteiger partial charge on any atom is 0.501 e. The van der Waals surface area contributed by atoms with Crippen molar-refractivity contribution in [1.29, 1.82) is 0 Å². The number of aryl methyl sites for hydroxylation is 1. The van der Waals surface area contributed by atoms with Crippen LogP contribution < -0.4 is 4.74 Å². The number of halogens is 3. The van der Waals surface area contributed by atoms with Crippen LogP contribution in [0.4, 0.5) is 13.2 Å². The van der Waals surface area contributed by atoms with E-state index in [2.05, 4.69) is 0 Å². The van der Waals surface area contributed by atoms with Crippen LogP contribution in [0.2, 0.25) is 0 Å². The van der Waals surface area contributed by atoms with Gasteiger partial charge in [0.2, 0.25) is 0 Å². The molecule has 0 bridgehead atoms. The van der Waals surface area contributed by atoms with E-state index in [-0.39, 0.29) is 40.5 Å². The van der Waals surface area contributed by atoms with Crippen LogP contribution >= 0.6 is 0 Å². The molecule has 0 aromatic heterocycles. The molecule has 2 N–H and O–H groups in total. The predicted octanol–water partition coefficient (Wildman–Crippen LogP) is 4.14. The van der Waals surface area contributed by atoms with Crippen LogP contribution in [-0.2, 0) is 9.84 Å². The van der Waals surface area contributed by atoms with Crippen molar-refractivity contribution in [3.05, 3.63) is 47.0 Å². The highest BCUT2D eigenvalue weighted by Gasteiger charge is 2.47. The van der Waals surface area contributed by atoms with E-state index in [1.54, 1.807) is 0 Å². The number of carboxylic acid groups (broad SMARTS) is 2. The Morgan fingerprint density at radius 2 is 1.65 bits per heavy atom. The van der Waals surface area contributed by atoms with E-state index < -0.39 is 37.7 Å². The zero-order valence-electron chi connectivity index (χ0n) is 16.1. The molecule has 0 saturated heterocycles. The van der Waals surface area contributed by atoms with Gasteiger partial charge >= 0.3 is 17.4 Å². The molecule has 0 aliphatic heterocycles. The number of benzene rings is 2. The van der Waals surface area contributed by atoms with Gasteiger partial charge in [0.05, 0.1) is 22.6 Å². The van der Waals surface area contributed by atoms with E-state index in [1.807, 2.05) is 0 Å². The number of carbonyl (C=O) groups is 2. The van der Waals surface area contributed by atoms with Crippen molar-refractivity contribution in [1.82, 2.24) is 0 Å². The molecule has 3 rings (SSSR count). The first-order valence-corrected chi connectivity index (χ1v) is 10.5. The van der Waals surface area contributed by atoms with E-state index in [0.29, 0.717) is 6.07 Å². The highest BCUT2D eigenvalue weighted by Crippen LogP contribution is 2.40. The van der Waals surface area contributed by atoms with Gasteiger partial charge in [0, 0.05) is 11.1 Å². The van der Waals surface area contributed by atoms with Crippen molar-refractivity contribution in [2.75, 3.05) is 6.61 Å². The number of carboxylic acids is 2. The minimum atomic E-state index is -5.70. The zero-order valence-corrected chi connectivity index (χ0v) is 16.9. The maximum atomic E-state index is 13.1. The summed E-state index contributed by atoms with van der Waals surface area (Å²) in [6.07, 6.45) is 1.81. The summed E-state index contributed by atoms with van der Waals surface area (Å²) in [7, 11) is -5.70. The number of rotatable bonds is 7. The molecule has 0 heterocycles. The van der Waals surface area contributed by atoms with Gasteiger partial charge in [-0.1, -0.05) is 0 Å². The summed E-state index contributed by atoms with van der Waals surface area (Å²) < 4.78 is 68.6. The Bertz CT molecular complexity index is 1170. The maximum absolute atomic E-state index is 13.1. The molecule has 7 nitrogen and oxygen atoms in total. The van der Waals surface area contributed by atoms with Crippen LogP contribution in [-0.4, -0.2) is 42.7 Å². The molecule has 1 saturated carbocycles. The van der Waals surface area contributed by atoms with Crippen LogP contribution in [0, 0.1) is 12.8 Å². The van der Waals surface area contributed by atoms with Gasteiger partial charge in [-0.15, -0.1) is 0 Å². The Morgan fingerprint density at radius 3 is 2.16 bits per heavy atom. The number of hydrogen-bond donors (Lipinski definition) is 2. The van der Waals surface area contributed by atoms with Crippen molar-refractivity contribution in [3.8, 4) is 16.9 Å². The van der Waals surface area contributed by atoms with Crippen LogP contribution in [0.15, 0.2) is 35.2 Å². The normalized spacial score (nSPS) is 14.3. The monoisotopic (exact) mass is 458 g/mol. The summed E-state index contributed by atoms with van der Waals surface area (Å²) in [5.41, 5.74) is -6.58. The first-order chi connectivity index (χ1) is 14.3. The fourth-order valence-electron chi connectivity index (χ4n) is 2.98. The quantitative estimate of drug-likeness (QED) is 0.640. The Labute approximate surface area is 175 Å². The first kappa shape index (κ1) is 22.6. The standard InChI is InChI=1S/C20H17F3O7S/c1-10-6-14(16(19(26)27)8-13(10)18(24)25)15-7-12(31(28,29)20(21,22)23)4-5-17(15)30-9-11-2-3-11/h4-8,11H,2-3,9H2,1H3,(H,24,25)(H,26,27). The molecule has 31 heavy (non-hydrogen) atoms. The molecule has 1 aliphatic rings. The molecule has 0 radical (unpaired) electrons. The van der Waals surface area contributed by atoms with E-state index in [0.717, 1.165) is 31.0 Å². The molecular formula is C20H17F3O7S. The Balaban J connectivity index is 2.26. The lowest BCUT2D eigenvalue weighted by molar-refractivity contribution is -0.0436. The smallest absolute Gasteiger partial charge is 0.493 e. The second-order valence-corrected chi connectivity index (χ2v) is 9.13. The number of sulfone groups is 1. The summed E-state index contributed by atoms with van der Waals surface area (Å²) in [6, 6.07) is 4.55. The summed E-state index contributed by atoms with van der Waals surface area (Å²) in [5.74, 6) is -2.67. The lowest BCUT2D eigenvalue weighted by atomic mass is 9.93. The Kier molecular flexibility index (Phi) is 5.74. The third-order valence-corrected chi connectivity index (χ3v) is 6.34. The van der Waals surface area contributed by atoms with E-state index >= 15 is 0 Å². The van der Waals surface area contributed by atoms with Crippen LogP contribution in [0.1, 0.15) is 39.1 Å². The second-order valence-electron chi connectivity index (χ2n) is 7.18. The Morgan fingerprint density at radius 1 is 1.03 bits per heavy atom. The van der Waals surface area contributed by atoms with Crippen LogP contribution in [0.3, 0.4) is 0 Å². The molecule has 1 fully saturated rings. The molecule has 11 heteroatoms. The minimum absolute atomic E-state index is 0.00185. The van der Waals surface area contributed by atoms with Gasteiger partial charge in [0.25, 0.3) is 9.84 Å². The van der Waals surface area contributed by atoms with Crippen molar-refractivity contribution < 1.29 is 46.1 Å². The van der Waals surface area contributed by atoms with Gasteiger partial charge in [-0.05, 0) is 61.6 Å². The highest BCUT2D eigenvalue weighted by atomic mass is 32.2. The number of aromatic carboxylic acids is 2. The van der Waals surface area contributed by atoms with Gasteiger partial charge in [-0.25, -0.2) is 18.0 Å². The summed E-state index contributed by atoms with van der Waals surface area (Å²) >= 11 is 0. The molecule has 166 valence electrons. The van der Waals surface area contributed by atoms with Gasteiger partial charge in [0.15, 0.2) is 0 Å². The predicted molar refractivity (Wildman–Crippen MR) is 102 cm³/mol. The van der Waals surface area contributed by atoms with Crippen LogP contribution in [0.5, 0.6) is 5.75 Å². The number of ether oxygens (including phenoxy) is 1. The molecule has 0 atom stereocenters. The summed E-state index contributed by atoms with van der Waals surface area (Å²) in [5, 5.41) is 18.8. The van der Waals surface area contributed by atoms with Gasteiger partial charge < -0.3 is 14.9 Å². The molecule has 2 aromatic rings. The van der Waals surface area contributed by atoms with E-state index in [4.69, 9.17) is 4.74 Å². The fourth-order valence-corrected chi connectivity index (χ4v) is 3.76. The topological polar surface area (TPSA) is 118 Å². The molecule has 1 aliphatic carbocycles. The molecular weight excluding hydrogens is 441 g/mol. The fraction of sp³-hybridized carbons (Fsp3) is 0.300. The SMILES string of the molecule is Cc1cc(-c2cc(S(=O)(=O)C(F)(F)F)ccc2OCC2CC2)c(C(=O)O)cc1C(=O)O. The zero-order chi connectivity index (χ0) is 23.1. The summed E-state index contributed by atoms with van der Waals surface area (Å²) in [4.78, 5) is 22.1. The van der Waals surface area contributed by atoms with Gasteiger partial charge in [0.1, 0.15) is 5.75 Å². The van der Waals surface area contributed by atoms with Crippen molar-refractivity contribution in [3.63, 3.8) is 0 Å². The molecule has 2 aromatic carbocycles. The van der Waals surface area contributed by atoms with E-state index in [1.165, 1.54) is 13.0 Å². The lowest BCUT2D eigenvalue weighted by Crippen LogP contribution is -2.23. The molecule has 0 spiro atoms. The van der Waals surface area contributed by atoms with E-state index in [9.17, 15) is 41.4 Å². The second kappa shape index (κ2) is 7.88. The minimum Gasteiger partial charge on any atom is -0.493 e. The number of alkyl halides is 3. The van der Waals surface area contributed by atoms with Crippen LogP contribution in [0.25, 0.3) is 11.1 Å². The van der Waals surface area contributed by atoms with Crippen molar-refractivity contribution in [2.45, 2.75) is 30.2 Å². The van der Waals surface area contributed by atoms with Gasteiger partial charge in [-0.2, -0.15) is 13.2 Å². The largest absolute Gasteiger partial charge is 0.501 e. The Hall–Kier alpha value is -3.08. The van der Waals surface area contributed by atoms with Crippen molar-refractivity contribution in [2.24, 2.45) is 5.92 Å². The third-order valence-electron chi connectivity index (χ3n) is 4.85. The summed E-state index contributed by atoms with van der Waals surface area (Å²) in [6.45, 7) is 1.62. The van der Waals surface area contributed by atoms with Crippen molar-refractivity contribution >= 4 is 21.8 Å². The van der Waals surface area contributed by atoms with Gasteiger partial charge in [-0.3, -0.25) is 0 Å². The first-order valence-electron chi connectivity index (χ1n) is 9.02. The third kappa shape index (κ3) is 4.50. The lowest BCUT2D eigenvalue weighted by Gasteiger charge is -2.17. The number of hydrogen-bond acceptors (Lipinski definition) is 5. The average Bonchev–Trinajstić information content (AvgIpc) is 3.49. The molecule has 0 amide bonds.